The molecule has 49 heavy (non-hydrogen) atoms. The first kappa shape index (κ1) is 36.8. The zero-order chi connectivity index (χ0) is 35.0. The number of allylic oxidation sites excluding steroid dienone is 2. The first-order chi connectivity index (χ1) is 23.8. The van der Waals surface area contributed by atoms with Crippen LogP contribution in [0.5, 0.6) is 0 Å². The lowest BCUT2D eigenvalue weighted by Gasteiger charge is -2.24. The summed E-state index contributed by atoms with van der Waals surface area (Å²) in [6.07, 6.45) is 7.67. The molecule has 4 rings (SSSR count). The topological polar surface area (TPSA) is 121 Å². The summed E-state index contributed by atoms with van der Waals surface area (Å²) in [7, 11) is 0. The molecular formula is C40H46FN3O5. The number of aromatic nitrogens is 1. The van der Waals surface area contributed by atoms with Crippen molar-refractivity contribution >= 4 is 28.7 Å². The molecule has 1 heterocycles. The molecule has 0 aliphatic rings. The van der Waals surface area contributed by atoms with Gasteiger partial charge in [0.2, 0.25) is 11.8 Å². The summed E-state index contributed by atoms with van der Waals surface area (Å²) in [4.78, 5) is 43.5. The lowest BCUT2D eigenvalue weighted by atomic mass is 9.94. The highest BCUT2D eigenvalue weighted by Gasteiger charge is 2.27. The molecule has 0 spiro atoms. The number of benzene rings is 3. The number of fused-ring (bicyclic) bond motifs is 1. The summed E-state index contributed by atoms with van der Waals surface area (Å²) >= 11 is 0. The number of ether oxygens (including phenoxy) is 1. The van der Waals surface area contributed by atoms with Crippen molar-refractivity contribution in [1.82, 2.24) is 15.6 Å². The van der Waals surface area contributed by atoms with E-state index in [0.717, 1.165) is 27.6 Å². The van der Waals surface area contributed by atoms with Gasteiger partial charge in [0.05, 0.1) is 30.5 Å². The van der Waals surface area contributed by atoms with Gasteiger partial charge in [0.25, 0.3) is 0 Å². The van der Waals surface area contributed by atoms with E-state index in [1.807, 2.05) is 60.8 Å². The van der Waals surface area contributed by atoms with E-state index in [0.29, 0.717) is 32.1 Å². The Morgan fingerprint density at radius 1 is 0.837 bits per heavy atom. The first-order valence-corrected chi connectivity index (χ1v) is 16.7. The number of hydrogen-bond donors (Lipinski definition) is 4. The average Bonchev–Trinajstić information content (AvgIpc) is 3.52. The van der Waals surface area contributed by atoms with Crippen molar-refractivity contribution < 1.29 is 28.6 Å². The smallest absolute Gasteiger partial charge is 0.309 e. The van der Waals surface area contributed by atoms with Crippen molar-refractivity contribution in [2.24, 2.45) is 11.8 Å². The molecule has 0 unspecified atom stereocenters. The van der Waals surface area contributed by atoms with Gasteiger partial charge >= 0.3 is 5.97 Å². The predicted octanol–water partition coefficient (Wildman–Crippen LogP) is 6.00. The van der Waals surface area contributed by atoms with Crippen molar-refractivity contribution in [3.8, 4) is 0 Å². The molecule has 0 fully saturated rings. The zero-order valence-electron chi connectivity index (χ0n) is 27.8. The number of para-hydroxylation sites is 1. The normalized spacial score (nSPS) is 13.5. The van der Waals surface area contributed by atoms with Crippen LogP contribution < -0.4 is 10.6 Å². The summed E-state index contributed by atoms with van der Waals surface area (Å²) in [5, 5.41) is 16.8. The van der Waals surface area contributed by atoms with E-state index in [1.54, 1.807) is 24.3 Å². The molecule has 258 valence electrons. The van der Waals surface area contributed by atoms with Crippen LogP contribution in [-0.2, 0) is 38.4 Å². The van der Waals surface area contributed by atoms with Crippen LogP contribution in [0.25, 0.3) is 10.9 Å². The fourth-order valence-corrected chi connectivity index (χ4v) is 5.92. The molecule has 0 aliphatic carbocycles. The van der Waals surface area contributed by atoms with E-state index in [2.05, 4.69) is 28.8 Å². The van der Waals surface area contributed by atoms with E-state index in [-0.39, 0.29) is 43.7 Å². The Labute approximate surface area is 287 Å². The summed E-state index contributed by atoms with van der Waals surface area (Å²) in [5.41, 5.74) is 3.67. The van der Waals surface area contributed by atoms with E-state index >= 15 is 0 Å². The molecule has 0 saturated carbocycles. The molecule has 0 bridgehead atoms. The molecule has 0 saturated heterocycles. The molecule has 8 nitrogen and oxygen atoms in total. The Hall–Kier alpha value is -5.02. The molecule has 4 aromatic rings. The monoisotopic (exact) mass is 667 g/mol. The maximum absolute atomic E-state index is 13.7. The molecule has 4 atom stereocenters. The molecule has 0 aliphatic heterocycles. The van der Waals surface area contributed by atoms with Gasteiger partial charge in [-0.25, -0.2) is 4.39 Å². The minimum atomic E-state index is -0.728. The van der Waals surface area contributed by atoms with Crippen LogP contribution in [-0.4, -0.2) is 53.2 Å². The number of aliphatic hydroxyl groups excluding tert-OH is 1. The van der Waals surface area contributed by atoms with Crippen LogP contribution >= 0.6 is 0 Å². The van der Waals surface area contributed by atoms with Crippen molar-refractivity contribution in [3.63, 3.8) is 0 Å². The van der Waals surface area contributed by atoms with Gasteiger partial charge in [-0.1, -0.05) is 72.8 Å². The van der Waals surface area contributed by atoms with Gasteiger partial charge in [0.15, 0.2) is 0 Å². The fraction of sp³-hybridized carbons (Fsp3) is 0.325. The summed E-state index contributed by atoms with van der Waals surface area (Å²) in [6, 6.07) is 22.3. The van der Waals surface area contributed by atoms with Crippen LogP contribution in [0.4, 0.5) is 4.39 Å². The van der Waals surface area contributed by atoms with Crippen molar-refractivity contribution in [1.29, 1.82) is 0 Å². The van der Waals surface area contributed by atoms with Crippen molar-refractivity contribution in [2.45, 2.75) is 57.0 Å². The van der Waals surface area contributed by atoms with Crippen LogP contribution in [0.3, 0.4) is 0 Å². The number of esters is 1. The van der Waals surface area contributed by atoms with Gasteiger partial charge in [0, 0.05) is 23.5 Å². The Morgan fingerprint density at radius 3 is 2.27 bits per heavy atom. The van der Waals surface area contributed by atoms with Gasteiger partial charge < -0.3 is 25.5 Å². The number of carbonyl (C=O) groups is 3. The van der Waals surface area contributed by atoms with Gasteiger partial charge in [0.1, 0.15) is 12.4 Å². The Balaban J connectivity index is 1.46. The van der Waals surface area contributed by atoms with Crippen LogP contribution in [0.15, 0.2) is 110 Å². The number of nitrogens with one attached hydrogen (secondary N) is 3. The van der Waals surface area contributed by atoms with E-state index in [1.165, 1.54) is 12.1 Å². The average molecular weight is 668 g/mol. The third kappa shape index (κ3) is 11.6. The standard InChI is InChI=1S/C40H46FN3O5/c1-3-5-14-31(21-29-17-19-33(41)20-18-29)40(48)49-27-35(23-32-25-42-37-16-10-9-15-36(32)37)44-39(47)30(11-4-2)24-38(46)43-34(26-45)22-28-12-7-6-8-13-28/h3-4,6-10,12-13,15-20,25,30-31,34-35,42,45H,1-2,5,11,14,21-24,26-27H2,(H,43,46)(H,44,47)/t30-,31+,34-,35+/m0/s1. The highest BCUT2D eigenvalue weighted by atomic mass is 19.1. The van der Waals surface area contributed by atoms with Crippen LogP contribution in [0.1, 0.15) is 42.4 Å². The Morgan fingerprint density at radius 2 is 1.55 bits per heavy atom. The molecule has 9 heteroatoms. The van der Waals surface area contributed by atoms with Crippen molar-refractivity contribution in [3.05, 3.63) is 133 Å². The zero-order valence-corrected chi connectivity index (χ0v) is 27.8. The third-order valence-electron chi connectivity index (χ3n) is 8.53. The van der Waals surface area contributed by atoms with Gasteiger partial charge in [-0.3, -0.25) is 14.4 Å². The van der Waals surface area contributed by atoms with Crippen LogP contribution in [0, 0.1) is 17.7 Å². The number of carbonyl (C=O) groups excluding carboxylic acids is 3. The number of amides is 2. The Kier molecular flexibility index (Phi) is 14.3. The van der Waals surface area contributed by atoms with E-state index < -0.39 is 29.9 Å². The molecule has 3 aromatic carbocycles. The molecule has 4 N–H and O–H groups in total. The SMILES string of the molecule is C=CCC[C@H](Cc1ccc(F)cc1)C(=O)OC[C@@H](Cc1c[nH]c2ccccc12)NC(=O)[C@@H](CC=C)CC(=O)N[C@H](CO)Cc1ccccc1. The first-order valence-electron chi connectivity index (χ1n) is 16.7. The summed E-state index contributed by atoms with van der Waals surface area (Å²) in [6.45, 7) is 7.23. The summed E-state index contributed by atoms with van der Waals surface area (Å²) < 4.78 is 19.4. The maximum atomic E-state index is 13.7. The second-order valence-electron chi connectivity index (χ2n) is 12.4. The van der Waals surface area contributed by atoms with E-state index in [9.17, 15) is 23.9 Å². The van der Waals surface area contributed by atoms with Gasteiger partial charge in [-0.15, -0.1) is 13.2 Å². The molecular weight excluding hydrogens is 621 g/mol. The Bertz CT molecular complexity index is 1670. The van der Waals surface area contributed by atoms with E-state index in [4.69, 9.17) is 4.74 Å². The van der Waals surface area contributed by atoms with Crippen molar-refractivity contribution in [2.75, 3.05) is 13.2 Å². The number of hydrogen-bond acceptors (Lipinski definition) is 5. The highest BCUT2D eigenvalue weighted by molar-refractivity contribution is 5.87. The second kappa shape index (κ2) is 19.1. The number of halogens is 1. The highest BCUT2D eigenvalue weighted by Crippen LogP contribution is 2.21. The maximum Gasteiger partial charge on any atom is 0.309 e. The van der Waals surface area contributed by atoms with Gasteiger partial charge in [-0.05, 0) is 73.4 Å². The molecule has 0 radical (unpaired) electrons. The van der Waals surface area contributed by atoms with Gasteiger partial charge in [-0.2, -0.15) is 0 Å². The third-order valence-corrected chi connectivity index (χ3v) is 8.53. The largest absolute Gasteiger partial charge is 0.463 e. The quantitative estimate of drug-likeness (QED) is 0.0681. The minimum absolute atomic E-state index is 0.0885. The lowest BCUT2D eigenvalue weighted by molar-refractivity contribution is -0.150. The number of aromatic amines is 1. The lowest BCUT2D eigenvalue weighted by Crippen LogP contribution is -2.45. The number of aliphatic hydroxyl groups is 1. The minimum Gasteiger partial charge on any atom is -0.463 e. The van der Waals surface area contributed by atoms with Crippen LogP contribution in [0.2, 0.25) is 0 Å². The second-order valence-corrected chi connectivity index (χ2v) is 12.4. The molecule has 2 amide bonds. The number of H-pyrrole nitrogens is 1. The fourth-order valence-electron chi connectivity index (χ4n) is 5.92. The number of rotatable bonds is 20. The predicted molar refractivity (Wildman–Crippen MR) is 190 cm³/mol. The summed E-state index contributed by atoms with van der Waals surface area (Å²) in [5.74, 6) is -2.71. The molecule has 1 aromatic heterocycles.